The van der Waals surface area contributed by atoms with Gasteiger partial charge in [0.15, 0.2) is 0 Å². The Labute approximate surface area is 173 Å². The van der Waals surface area contributed by atoms with Gasteiger partial charge >= 0.3 is 6.01 Å². The molecule has 9 heteroatoms. The molecule has 2 unspecified atom stereocenters. The molecule has 0 saturated carbocycles. The molecule has 0 radical (unpaired) electrons. The van der Waals surface area contributed by atoms with E-state index in [1.54, 1.807) is 13.0 Å². The van der Waals surface area contributed by atoms with Gasteiger partial charge in [-0.15, -0.1) is 16.7 Å². The summed E-state index contributed by atoms with van der Waals surface area (Å²) in [4.78, 5) is -1.02. The normalized spacial score (nSPS) is 21.1. The minimum atomic E-state index is -1.02. The van der Waals surface area contributed by atoms with E-state index in [4.69, 9.17) is 16.0 Å². The molecule has 4 rings (SSSR count). The molecular weight excluding hydrogens is 484 g/mol. The van der Waals surface area contributed by atoms with Gasteiger partial charge in [-0.1, -0.05) is 11.2 Å². The van der Waals surface area contributed by atoms with Gasteiger partial charge in [0.25, 0.3) is 0 Å². The second kappa shape index (κ2) is 6.90. The molecule has 2 atom stereocenters. The fourth-order valence-electron chi connectivity index (χ4n) is 2.97. The monoisotopic (exact) mass is 499 g/mol. The Morgan fingerprint density at radius 3 is 2.96 bits per heavy atom. The highest BCUT2D eigenvalue weighted by atomic mass is 127. The van der Waals surface area contributed by atoms with Gasteiger partial charge in [-0.05, 0) is 72.7 Å². The van der Waals surface area contributed by atoms with E-state index >= 15 is 0 Å². The number of nitrogens with zero attached hydrogens (tertiary/aromatic N) is 3. The molecule has 0 spiro atoms. The summed E-state index contributed by atoms with van der Waals surface area (Å²) in [6.07, 6.45) is 3.55. The SMILES string of the molecule is CC(Nc1nnc(-c2ccc3n[nH]c(I)c3c2)o1)C1=CC=C(F)C(C)(Cl)C1. The fourth-order valence-corrected chi connectivity index (χ4v) is 3.74. The zero-order chi connectivity index (χ0) is 19.2. The van der Waals surface area contributed by atoms with Crippen LogP contribution in [0, 0.1) is 3.70 Å². The topological polar surface area (TPSA) is 79.6 Å². The third kappa shape index (κ3) is 3.60. The number of benzene rings is 1. The number of allylic oxidation sites excluding steroid dienone is 3. The highest BCUT2D eigenvalue weighted by Crippen LogP contribution is 2.37. The lowest BCUT2D eigenvalue weighted by Crippen LogP contribution is -2.28. The predicted octanol–water partition coefficient (Wildman–Crippen LogP) is 5.20. The number of alkyl halides is 1. The Balaban J connectivity index is 1.53. The highest BCUT2D eigenvalue weighted by molar-refractivity contribution is 14.1. The molecule has 2 aromatic heterocycles. The smallest absolute Gasteiger partial charge is 0.316 e. The number of hydrogen-bond donors (Lipinski definition) is 2. The van der Waals surface area contributed by atoms with E-state index in [2.05, 4.69) is 48.3 Å². The van der Waals surface area contributed by atoms with Crippen LogP contribution in [0.5, 0.6) is 0 Å². The van der Waals surface area contributed by atoms with Crippen molar-refractivity contribution in [1.29, 1.82) is 0 Å². The summed E-state index contributed by atoms with van der Waals surface area (Å²) in [5, 5.41) is 19.5. The zero-order valence-corrected chi connectivity index (χ0v) is 17.5. The minimum Gasteiger partial charge on any atom is -0.403 e. The van der Waals surface area contributed by atoms with Crippen molar-refractivity contribution < 1.29 is 8.81 Å². The lowest BCUT2D eigenvalue weighted by molar-refractivity contribution is 0.499. The second-order valence-electron chi connectivity index (χ2n) is 6.68. The Morgan fingerprint density at radius 1 is 1.37 bits per heavy atom. The highest BCUT2D eigenvalue weighted by Gasteiger charge is 2.32. The zero-order valence-electron chi connectivity index (χ0n) is 14.6. The maximum atomic E-state index is 13.7. The van der Waals surface area contributed by atoms with Crippen LogP contribution in [0.25, 0.3) is 22.4 Å². The molecule has 1 aliphatic carbocycles. The summed E-state index contributed by atoms with van der Waals surface area (Å²) < 4.78 is 20.5. The van der Waals surface area contributed by atoms with E-state index in [1.165, 1.54) is 6.08 Å². The maximum absolute atomic E-state index is 13.7. The number of rotatable bonds is 4. The molecule has 0 bridgehead atoms. The minimum absolute atomic E-state index is 0.127. The number of hydrogen-bond acceptors (Lipinski definition) is 5. The number of anilines is 1. The molecule has 2 N–H and O–H groups in total. The van der Waals surface area contributed by atoms with Gasteiger partial charge in [0, 0.05) is 17.0 Å². The van der Waals surface area contributed by atoms with Gasteiger partial charge in [0.1, 0.15) is 9.53 Å². The van der Waals surface area contributed by atoms with E-state index in [9.17, 15) is 4.39 Å². The first-order valence-electron chi connectivity index (χ1n) is 8.33. The van der Waals surface area contributed by atoms with Gasteiger partial charge in [0.2, 0.25) is 5.89 Å². The standard InChI is InChI=1S/C18H16ClFIN5O/c1-9(11-4-6-14(20)18(2,19)8-11)22-17-26-25-16(27-17)10-3-5-13-12(7-10)15(21)24-23-13/h3-7,9H,8H2,1-2H3,(H,22,26)(H,23,24). The van der Waals surface area contributed by atoms with Crippen LogP contribution in [0.15, 0.2) is 46.2 Å². The van der Waals surface area contributed by atoms with E-state index in [-0.39, 0.29) is 11.9 Å². The molecule has 27 heavy (non-hydrogen) atoms. The Kier molecular flexibility index (Phi) is 4.71. The average Bonchev–Trinajstić information content (AvgIpc) is 3.24. The largest absolute Gasteiger partial charge is 0.403 e. The van der Waals surface area contributed by atoms with Crippen LogP contribution in [0.3, 0.4) is 0 Å². The molecular formula is C18H16ClFIN5O. The van der Waals surface area contributed by atoms with Crippen LogP contribution in [0.4, 0.5) is 10.4 Å². The molecule has 1 aromatic carbocycles. The second-order valence-corrected chi connectivity index (χ2v) is 8.59. The summed E-state index contributed by atoms with van der Waals surface area (Å²) in [5.41, 5.74) is 2.65. The predicted molar refractivity (Wildman–Crippen MR) is 111 cm³/mol. The van der Waals surface area contributed by atoms with Crippen molar-refractivity contribution in [3.63, 3.8) is 0 Å². The van der Waals surface area contributed by atoms with Crippen LogP contribution in [0.1, 0.15) is 20.3 Å². The lowest BCUT2D eigenvalue weighted by atomic mass is 9.90. The van der Waals surface area contributed by atoms with Crippen molar-refractivity contribution >= 4 is 51.1 Å². The van der Waals surface area contributed by atoms with Crippen molar-refractivity contribution in [2.75, 3.05) is 5.32 Å². The van der Waals surface area contributed by atoms with E-state index in [0.717, 1.165) is 25.7 Å². The number of halogens is 3. The summed E-state index contributed by atoms with van der Waals surface area (Å²) in [6, 6.07) is 5.91. The summed E-state index contributed by atoms with van der Waals surface area (Å²) >= 11 is 8.42. The van der Waals surface area contributed by atoms with Crippen molar-refractivity contribution in [3.05, 3.63) is 45.5 Å². The first-order chi connectivity index (χ1) is 12.8. The molecule has 140 valence electrons. The van der Waals surface area contributed by atoms with E-state index in [0.29, 0.717) is 18.3 Å². The molecule has 6 nitrogen and oxygen atoms in total. The molecule has 0 fully saturated rings. The molecule has 0 saturated heterocycles. The molecule has 3 aromatic rings. The molecule has 1 aliphatic rings. The van der Waals surface area contributed by atoms with Gasteiger partial charge in [-0.25, -0.2) is 4.39 Å². The average molecular weight is 500 g/mol. The van der Waals surface area contributed by atoms with Gasteiger partial charge < -0.3 is 9.73 Å². The third-order valence-electron chi connectivity index (χ3n) is 4.55. The van der Waals surface area contributed by atoms with Crippen LogP contribution >= 0.6 is 34.2 Å². The quantitative estimate of drug-likeness (QED) is 0.381. The molecule has 2 heterocycles. The fraction of sp³-hybridized carbons (Fsp3) is 0.278. The van der Waals surface area contributed by atoms with Crippen LogP contribution < -0.4 is 5.32 Å². The van der Waals surface area contributed by atoms with Crippen molar-refractivity contribution in [2.45, 2.75) is 31.2 Å². The van der Waals surface area contributed by atoms with Crippen molar-refractivity contribution in [1.82, 2.24) is 20.4 Å². The third-order valence-corrected chi connectivity index (χ3v) is 5.69. The van der Waals surface area contributed by atoms with Gasteiger partial charge in [-0.2, -0.15) is 5.10 Å². The lowest BCUT2D eigenvalue weighted by Gasteiger charge is -2.28. The Hall–Kier alpha value is -1.94. The summed E-state index contributed by atoms with van der Waals surface area (Å²) in [6.45, 7) is 3.61. The summed E-state index contributed by atoms with van der Waals surface area (Å²) in [5.74, 6) is 0.0822. The first kappa shape index (κ1) is 18.4. The van der Waals surface area contributed by atoms with Gasteiger partial charge in [0.05, 0.1) is 10.4 Å². The Bertz CT molecular complexity index is 1070. The number of nitrogens with one attached hydrogen (secondary N) is 2. The van der Waals surface area contributed by atoms with Crippen LogP contribution in [-0.2, 0) is 0 Å². The van der Waals surface area contributed by atoms with Crippen LogP contribution in [-0.4, -0.2) is 31.3 Å². The Morgan fingerprint density at radius 2 is 2.19 bits per heavy atom. The number of aromatic amines is 1. The van der Waals surface area contributed by atoms with E-state index < -0.39 is 4.87 Å². The van der Waals surface area contributed by atoms with Crippen molar-refractivity contribution in [2.24, 2.45) is 0 Å². The van der Waals surface area contributed by atoms with Gasteiger partial charge in [-0.3, -0.25) is 5.10 Å². The summed E-state index contributed by atoms with van der Waals surface area (Å²) in [7, 11) is 0. The molecule has 0 amide bonds. The number of H-pyrrole nitrogens is 1. The maximum Gasteiger partial charge on any atom is 0.316 e. The first-order valence-corrected chi connectivity index (χ1v) is 9.79. The molecule has 0 aliphatic heterocycles. The van der Waals surface area contributed by atoms with Crippen LogP contribution in [0.2, 0.25) is 0 Å². The van der Waals surface area contributed by atoms with Crippen molar-refractivity contribution in [3.8, 4) is 11.5 Å². The number of aromatic nitrogens is 4. The number of fused-ring (bicyclic) bond motifs is 1. The van der Waals surface area contributed by atoms with E-state index in [1.807, 2.05) is 25.1 Å².